The minimum absolute atomic E-state index is 0.372. The average molecular weight is 345 g/mol. The second kappa shape index (κ2) is 8.68. The van der Waals surface area contributed by atoms with Gasteiger partial charge in [0.15, 0.2) is 0 Å². The van der Waals surface area contributed by atoms with E-state index in [2.05, 4.69) is 61.6 Å². The summed E-state index contributed by atoms with van der Waals surface area (Å²) in [7, 11) is 0. The summed E-state index contributed by atoms with van der Waals surface area (Å²) in [5.74, 6) is 0. The molecule has 3 aromatic carbocycles. The van der Waals surface area contributed by atoms with Gasteiger partial charge < -0.3 is 10.4 Å². The van der Waals surface area contributed by atoms with Crippen molar-refractivity contribution in [3.05, 3.63) is 83.9 Å². The Morgan fingerprint density at radius 3 is 2.42 bits per heavy atom. The van der Waals surface area contributed by atoms with Crippen LogP contribution in [0.2, 0.25) is 0 Å². The number of anilines is 2. The van der Waals surface area contributed by atoms with Crippen LogP contribution in [0.15, 0.2) is 72.8 Å². The van der Waals surface area contributed by atoms with Gasteiger partial charge in [-0.05, 0) is 42.7 Å². The number of unbranched alkanes of at least 4 members (excludes halogenated alkanes) is 1. The Labute approximate surface area is 156 Å². The fourth-order valence-electron chi connectivity index (χ4n) is 3.16. The Kier molecular flexibility index (Phi) is 6.08. The Morgan fingerprint density at radius 2 is 1.69 bits per heavy atom. The van der Waals surface area contributed by atoms with E-state index in [0.29, 0.717) is 0 Å². The molecule has 0 aliphatic carbocycles. The number of aryl methyl sites for hydroxylation is 1. The van der Waals surface area contributed by atoms with Gasteiger partial charge in [0.05, 0.1) is 6.10 Å². The van der Waals surface area contributed by atoms with Gasteiger partial charge >= 0.3 is 0 Å². The number of benzene rings is 3. The molecule has 0 bridgehead atoms. The third-order valence-corrected chi connectivity index (χ3v) is 4.66. The van der Waals surface area contributed by atoms with E-state index in [1.54, 1.807) is 0 Å². The fraction of sp³-hybridized carbons (Fsp3) is 0.250. The monoisotopic (exact) mass is 345 g/mol. The molecule has 0 amide bonds. The highest BCUT2D eigenvalue weighted by Gasteiger charge is 2.08. The molecule has 134 valence electrons. The molecule has 1 atom stereocenters. The topological polar surface area (TPSA) is 32.3 Å². The van der Waals surface area contributed by atoms with Gasteiger partial charge in [0.2, 0.25) is 0 Å². The Morgan fingerprint density at radius 1 is 0.923 bits per heavy atom. The van der Waals surface area contributed by atoms with E-state index in [9.17, 15) is 5.11 Å². The van der Waals surface area contributed by atoms with Crippen molar-refractivity contribution in [1.82, 2.24) is 0 Å². The number of aliphatic hydroxyl groups excluding tert-OH is 1. The van der Waals surface area contributed by atoms with E-state index >= 15 is 0 Å². The van der Waals surface area contributed by atoms with Crippen LogP contribution in [0, 0.1) is 6.92 Å². The third kappa shape index (κ3) is 4.53. The molecule has 0 heterocycles. The van der Waals surface area contributed by atoms with Crippen LogP contribution in [-0.2, 0) is 0 Å². The first-order valence-electron chi connectivity index (χ1n) is 9.38. The highest BCUT2D eigenvalue weighted by Crippen LogP contribution is 2.31. The zero-order valence-corrected chi connectivity index (χ0v) is 15.6. The van der Waals surface area contributed by atoms with Crippen molar-refractivity contribution in [3.63, 3.8) is 0 Å². The van der Waals surface area contributed by atoms with Gasteiger partial charge in [-0.3, -0.25) is 0 Å². The van der Waals surface area contributed by atoms with Crippen LogP contribution in [0.3, 0.4) is 0 Å². The highest BCUT2D eigenvalue weighted by molar-refractivity contribution is 5.81. The molecule has 2 nitrogen and oxygen atoms in total. The predicted molar refractivity (Wildman–Crippen MR) is 111 cm³/mol. The first kappa shape index (κ1) is 18.2. The van der Waals surface area contributed by atoms with E-state index < -0.39 is 0 Å². The number of hydrogen-bond acceptors (Lipinski definition) is 2. The van der Waals surface area contributed by atoms with Crippen LogP contribution < -0.4 is 5.32 Å². The molecule has 0 aliphatic rings. The zero-order valence-electron chi connectivity index (χ0n) is 15.6. The van der Waals surface area contributed by atoms with Gasteiger partial charge in [0, 0.05) is 16.9 Å². The zero-order chi connectivity index (χ0) is 18.4. The minimum atomic E-state index is -0.372. The highest BCUT2D eigenvalue weighted by atomic mass is 16.3. The summed E-state index contributed by atoms with van der Waals surface area (Å²) in [4.78, 5) is 0. The first-order valence-corrected chi connectivity index (χ1v) is 9.38. The summed E-state index contributed by atoms with van der Waals surface area (Å²) < 4.78 is 0. The molecule has 0 radical (unpaired) electrons. The second-order valence-corrected chi connectivity index (χ2v) is 6.82. The van der Waals surface area contributed by atoms with E-state index in [0.717, 1.165) is 36.2 Å². The molecule has 3 aromatic rings. The van der Waals surface area contributed by atoms with Crippen LogP contribution in [0.1, 0.15) is 43.4 Å². The molecule has 1 unspecified atom stereocenters. The molecule has 3 rings (SSSR count). The molecule has 26 heavy (non-hydrogen) atoms. The maximum Gasteiger partial charge on any atom is 0.0790 e. The van der Waals surface area contributed by atoms with E-state index in [1.165, 1.54) is 16.7 Å². The lowest BCUT2D eigenvalue weighted by atomic mass is 10.0. The van der Waals surface area contributed by atoms with Crippen LogP contribution in [0.4, 0.5) is 11.4 Å². The maximum atomic E-state index is 10.2. The van der Waals surface area contributed by atoms with Crippen molar-refractivity contribution in [3.8, 4) is 11.1 Å². The van der Waals surface area contributed by atoms with Gasteiger partial charge in [-0.2, -0.15) is 0 Å². The minimum Gasteiger partial charge on any atom is -0.388 e. The van der Waals surface area contributed by atoms with Crippen LogP contribution in [0.5, 0.6) is 0 Å². The summed E-state index contributed by atoms with van der Waals surface area (Å²) >= 11 is 0. The smallest absolute Gasteiger partial charge is 0.0790 e. The lowest BCUT2D eigenvalue weighted by molar-refractivity contribution is 0.164. The largest absolute Gasteiger partial charge is 0.388 e. The predicted octanol–water partition coefficient (Wildman–Crippen LogP) is 6.63. The molecule has 0 aromatic heterocycles. The normalized spacial score (nSPS) is 12.0. The van der Waals surface area contributed by atoms with Crippen molar-refractivity contribution in [1.29, 1.82) is 0 Å². The number of hydrogen-bond donors (Lipinski definition) is 2. The molecule has 2 N–H and O–H groups in total. The summed E-state index contributed by atoms with van der Waals surface area (Å²) in [5, 5.41) is 13.7. The SMILES string of the molecule is CCCCC(O)c1ccc(Nc2ccccc2-c2cccc(C)c2)cc1. The number of rotatable bonds is 7. The van der Waals surface area contributed by atoms with Gasteiger partial charge in [-0.15, -0.1) is 0 Å². The third-order valence-electron chi connectivity index (χ3n) is 4.66. The molecule has 0 fully saturated rings. The summed E-state index contributed by atoms with van der Waals surface area (Å²) in [6, 6.07) is 25.0. The summed E-state index contributed by atoms with van der Waals surface area (Å²) in [5.41, 5.74) is 6.73. The van der Waals surface area contributed by atoms with Gasteiger partial charge in [-0.25, -0.2) is 0 Å². The average Bonchev–Trinajstić information content (AvgIpc) is 2.67. The fourth-order valence-corrected chi connectivity index (χ4v) is 3.16. The van der Waals surface area contributed by atoms with Crippen molar-refractivity contribution < 1.29 is 5.11 Å². The van der Waals surface area contributed by atoms with Crippen LogP contribution in [-0.4, -0.2) is 5.11 Å². The Balaban J connectivity index is 1.79. The molecule has 0 spiro atoms. The van der Waals surface area contributed by atoms with Gasteiger partial charge in [0.1, 0.15) is 0 Å². The number of aliphatic hydroxyl groups is 1. The molecular weight excluding hydrogens is 318 g/mol. The molecule has 0 aliphatic heterocycles. The second-order valence-electron chi connectivity index (χ2n) is 6.82. The Bertz CT molecular complexity index is 839. The van der Waals surface area contributed by atoms with E-state index in [-0.39, 0.29) is 6.10 Å². The van der Waals surface area contributed by atoms with E-state index in [1.807, 2.05) is 30.3 Å². The van der Waals surface area contributed by atoms with Crippen molar-refractivity contribution in [2.75, 3.05) is 5.32 Å². The number of nitrogens with one attached hydrogen (secondary N) is 1. The molecule has 2 heteroatoms. The van der Waals surface area contributed by atoms with Crippen molar-refractivity contribution >= 4 is 11.4 Å². The van der Waals surface area contributed by atoms with Crippen molar-refractivity contribution in [2.45, 2.75) is 39.2 Å². The van der Waals surface area contributed by atoms with Gasteiger partial charge in [-0.1, -0.05) is 79.9 Å². The van der Waals surface area contributed by atoms with Gasteiger partial charge in [0.25, 0.3) is 0 Å². The molecular formula is C24H27NO. The molecule has 0 saturated heterocycles. The first-order chi connectivity index (χ1) is 12.7. The lowest BCUT2D eigenvalue weighted by Gasteiger charge is -2.14. The standard InChI is InChI=1S/C24H27NO/c1-3-4-12-24(26)19-13-15-21(16-14-19)25-23-11-6-5-10-22(23)20-9-7-8-18(2)17-20/h5-11,13-17,24-26H,3-4,12H2,1-2H3. The molecule has 0 saturated carbocycles. The maximum absolute atomic E-state index is 10.2. The quantitative estimate of drug-likeness (QED) is 0.504. The lowest BCUT2D eigenvalue weighted by Crippen LogP contribution is -1.98. The van der Waals surface area contributed by atoms with Crippen molar-refractivity contribution in [2.24, 2.45) is 0 Å². The summed E-state index contributed by atoms with van der Waals surface area (Å²) in [6.45, 7) is 4.26. The number of para-hydroxylation sites is 1. The Hall–Kier alpha value is -2.58. The summed E-state index contributed by atoms with van der Waals surface area (Å²) in [6.07, 6.45) is 2.60. The van der Waals surface area contributed by atoms with Crippen LogP contribution in [0.25, 0.3) is 11.1 Å². The van der Waals surface area contributed by atoms with E-state index in [4.69, 9.17) is 0 Å². The van der Waals surface area contributed by atoms with Crippen LogP contribution >= 0.6 is 0 Å².